The van der Waals surface area contributed by atoms with Crippen LogP contribution >= 0.6 is 0 Å². The lowest BCUT2D eigenvalue weighted by molar-refractivity contribution is -0.237. The number of hydrogen-bond acceptors (Lipinski definition) is 0. The fourth-order valence-corrected chi connectivity index (χ4v) is 8.15. The lowest BCUT2D eigenvalue weighted by Gasteiger charge is -2.74. The van der Waals surface area contributed by atoms with Crippen LogP contribution in [0, 0.1) is 46.3 Å². The molecule has 7 rings (SSSR count). The van der Waals surface area contributed by atoms with Crippen LogP contribution in [0.15, 0.2) is 24.3 Å². The molecule has 0 heteroatoms. The minimum absolute atomic E-state index is 0.635. The Kier molecular flexibility index (Phi) is 2.19. The van der Waals surface area contributed by atoms with E-state index in [1.807, 2.05) is 0 Å². The van der Waals surface area contributed by atoms with Gasteiger partial charge in [-0.15, -0.1) is 0 Å². The molecule has 0 amide bonds. The smallest absolute Gasteiger partial charge is 0.0110 e. The van der Waals surface area contributed by atoms with Gasteiger partial charge in [0, 0.05) is 0 Å². The summed E-state index contributed by atoms with van der Waals surface area (Å²) in [6, 6.07) is 0. The van der Waals surface area contributed by atoms with E-state index in [0.717, 1.165) is 35.5 Å². The van der Waals surface area contributed by atoms with Crippen LogP contribution in [0.3, 0.4) is 0 Å². The van der Waals surface area contributed by atoms with Crippen LogP contribution in [0.2, 0.25) is 0 Å². The first kappa shape index (κ1) is 12.1. The molecule has 0 saturated heterocycles. The summed E-state index contributed by atoms with van der Waals surface area (Å²) < 4.78 is 0. The normalized spacial score (nSPS) is 62.3. The average molecular weight is 268 g/mol. The van der Waals surface area contributed by atoms with Crippen LogP contribution in [0.1, 0.15) is 52.4 Å². The van der Waals surface area contributed by atoms with Crippen molar-refractivity contribution in [2.75, 3.05) is 0 Å². The van der Waals surface area contributed by atoms with Crippen molar-refractivity contribution in [3.8, 4) is 0 Å². The highest BCUT2D eigenvalue weighted by atomic mass is 14.7. The van der Waals surface area contributed by atoms with E-state index >= 15 is 0 Å². The molecule has 0 unspecified atom stereocenters. The molecule has 8 bridgehead atoms. The highest BCUT2D eigenvalue weighted by Gasteiger charge is 2.69. The Balaban J connectivity index is 1.58. The molecule has 7 fully saturated rings. The van der Waals surface area contributed by atoms with E-state index in [9.17, 15) is 0 Å². The largest absolute Gasteiger partial charge is 0.0911 e. The predicted molar refractivity (Wildman–Crippen MR) is 83.1 cm³/mol. The van der Waals surface area contributed by atoms with E-state index in [2.05, 4.69) is 38.2 Å². The highest BCUT2D eigenvalue weighted by molar-refractivity contribution is 5.24. The number of hydrogen-bond donors (Lipinski definition) is 0. The van der Waals surface area contributed by atoms with Gasteiger partial charge in [-0.25, -0.2) is 0 Å². The standard InChI is InChI=1S/C20H28/c1-3-5-19-7-13-16-10-20(6-4-2)11-17(13)15(9-19)18(12-20)14(16)8-19/h3-6,13-18H,7-12H2,1-2H3. The molecule has 0 aromatic rings. The van der Waals surface area contributed by atoms with Gasteiger partial charge in [0.05, 0.1) is 0 Å². The molecule has 0 N–H and O–H groups in total. The summed E-state index contributed by atoms with van der Waals surface area (Å²) in [5, 5.41) is 0. The molecule has 7 aliphatic carbocycles. The Morgan fingerprint density at radius 1 is 0.550 bits per heavy atom. The summed E-state index contributed by atoms with van der Waals surface area (Å²) in [6.07, 6.45) is 19.2. The third-order valence-electron chi connectivity index (χ3n) is 8.19. The number of allylic oxidation sites excluding steroid dienone is 4. The first-order valence-electron chi connectivity index (χ1n) is 8.97. The van der Waals surface area contributed by atoms with E-state index in [1.165, 1.54) is 38.5 Å². The molecular formula is C20H28. The van der Waals surface area contributed by atoms with E-state index in [0.29, 0.717) is 10.8 Å². The fourth-order valence-electron chi connectivity index (χ4n) is 8.15. The van der Waals surface area contributed by atoms with Crippen LogP contribution in [-0.2, 0) is 0 Å². The Morgan fingerprint density at radius 3 is 1.00 bits per heavy atom. The third-order valence-corrected chi connectivity index (χ3v) is 8.19. The zero-order valence-electron chi connectivity index (χ0n) is 13.0. The molecule has 7 aliphatic rings. The van der Waals surface area contributed by atoms with Gasteiger partial charge < -0.3 is 0 Å². The van der Waals surface area contributed by atoms with Gasteiger partial charge in [0.25, 0.3) is 0 Å². The third kappa shape index (κ3) is 1.26. The molecule has 0 spiro atoms. The fraction of sp³-hybridized carbons (Fsp3) is 0.800. The molecule has 20 heavy (non-hydrogen) atoms. The van der Waals surface area contributed by atoms with Crippen LogP contribution in [0.4, 0.5) is 0 Å². The molecule has 0 atom stereocenters. The lowest BCUT2D eigenvalue weighted by atomic mass is 9.30. The van der Waals surface area contributed by atoms with Crippen molar-refractivity contribution in [3.05, 3.63) is 24.3 Å². The van der Waals surface area contributed by atoms with Gasteiger partial charge in [-0.3, -0.25) is 0 Å². The summed E-state index contributed by atoms with van der Waals surface area (Å²) in [4.78, 5) is 0. The molecule has 0 aliphatic heterocycles. The Hall–Kier alpha value is -0.520. The van der Waals surface area contributed by atoms with Gasteiger partial charge in [0.2, 0.25) is 0 Å². The maximum atomic E-state index is 2.62. The van der Waals surface area contributed by atoms with Crippen molar-refractivity contribution >= 4 is 0 Å². The van der Waals surface area contributed by atoms with Crippen molar-refractivity contribution in [1.29, 1.82) is 0 Å². The molecule has 0 nitrogen and oxygen atoms in total. The topological polar surface area (TPSA) is 0 Å². The Labute approximate surface area is 123 Å². The van der Waals surface area contributed by atoms with E-state index in [4.69, 9.17) is 0 Å². The van der Waals surface area contributed by atoms with Crippen molar-refractivity contribution in [2.24, 2.45) is 46.3 Å². The van der Waals surface area contributed by atoms with Gasteiger partial charge in [0.1, 0.15) is 0 Å². The Morgan fingerprint density at radius 2 is 0.800 bits per heavy atom. The summed E-state index contributed by atoms with van der Waals surface area (Å²) >= 11 is 0. The lowest BCUT2D eigenvalue weighted by Crippen LogP contribution is -2.67. The van der Waals surface area contributed by atoms with Gasteiger partial charge in [0.15, 0.2) is 0 Å². The first-order valence-corrected chi connectivity index (χ1v) is 8.97. The zero-order chi connectivity index (χ0) is 13.5. The monoisotopic (exact) mass is 268 g/mol. The number of rotatable bonds is 2. The maximum absolute atomic E-state index is 2.62. The first-order chi connectivity index (χ1) is 9.69. The van der Waals surface area contributed by atoms with Crippen LogP contribution < -0.4 is 0 Å². The van der Waals surface area contributed by atoms with Crippen molar-refractivity contribution in [1.82, 2.24) is 0 Å². The molecular weight excluding hydrogens is 240 g/mol. The summed E-state index contributed by atoms with van der Waals surface area (Å²) in [5.74, 6) is 6.58. The van der Waals surface area contributed by atoms with Crippen LogP contribution in [0.5, 0.6) is 0 Å². The van der Waals surface area contributed by atoms with E-state index in [-0.39, 0.29) is 0 Å². The molecule has 0 radical (unpaired) electrons. The SMILES string of the molecule is CC=CC12CC3C4CC5(C=CC)CC3C(C1)C(C5)C4C2. The summed E-state index contributed by atoms with van der Waals surface area (Å²) in [5.41, 5.74) is 1.27. The Bertz CT molecular complexity index is 385. The molecule has 0 aromatic heterocycles. The minimum Gasteiger partial charge on any atom is -0.0911 e. The summed E-state index contributed by atoms with van der Waals surface area (Å²) in [6.45, 7) is 4.47. The van der Waals surface area contributed by atoms with Gasteiger partial charge in [-0.05, 0) is 98.7 Å². The van der Waals surface area contributed by atoms with Crippen molar-refractivity contribution in [2.45, 2.75) is 52.4 Å². The zero-order valence-corrected chi connectivity index (χ0v) is 13.0. The summed E-state index contributed by atoms with van der Waals surface area (Å²) in [7, 11) is 0. The van der Waals surface area contributed by atoms with E-state index < -0.39 is 0 Å². The maximum Gasteiger partial charge on any atom is -0.0110 e. The molecule has 0 heterocycles. The van der Waals surface area contributed by atoms with Gasteiger partial charge in [-0.2, -0.15) is 0 Å². The van der Waals surface area contributed by atoms with Crippen molar-refractivity contribution < 1.29 is 0 Å². The molecule has 7 saturated carbocycles. The molecule has 0 aromatic carbocycles. The van der Waals surface area contributed by atoms with Gasteiger partial charge in [-0.1, -0.05) is 24.3 Å². The average Bonchev–Trinajstić information content (AvgIpc) is 2.44. The molecule has 108 valence electrons. The van der Waals surface area contributed by atoms with Crippen LogP contribution in [0.25, 0.3) is 0 Å². The highest BCUT2D eigenvalue weighted by Crippen LogP contribution is 2.77. The predicted octanol–water partition coefficient (Wildman–Crippen LogP) is 5.22. The second-order valence-electron chi connectivity index (χ2n) is 8.93. The van der Waals surface area contributed by atoms with Gasteiger partial charge >= 0.3 is 0 Å². The minimum atomic E-state index is 0.635. The van der Waals surface area contributed by atoms with Crippen LogP contribution in [-0.4, -0.2) is 0 Å². The van der Waals surface area contributed by atoms with Crippen molar-refractivity contribution in [3.63, 3.8) is 0 Å². The second-order valence-corrected chi connectivity index (χ2v) is 8.93. The quantitative estimate of drug-likeness (QED) is 0.602. The second kappa shape index (κ2) is 3.62. The van der Waals surface area contributed by atoms with E-state index in [1.54, 1.807) is 0 Å².